The van der Waals surface area contributed by atoms with Crippen LogP contribution in [0.1, 0.15) is 30.5 Å². The lowest BCUT2D eigenvalue weighted by atomic mass is 9.89. The molecule has 0 radical (unpaired) electrons. The molecule has 2 aromatic rings. The lowest BCUT2D eigenvalue weighted by molar-refractivity contribution is -0.0402. The number of halogens is 1. The third-order valence-electron chi connectivity index (χ3n) is 6.37. The topological polar surface area (TPSA) is 70.8 Å². The average Bonchev–Trinajstić information content (AvgIpc) is 2.85. The third-order valence-corrected chi connectivity index (χ3v) is 7.56. The molecule has 4 rings (SSSR count). The van der Waals surface area contributed by atoms with Crippen molar-refractivity contribution in [3.8, 4) is 11.8 Å². The molecular formula is C26H33ClN4O3S. The smallest absolute Gasteiger partial charge is 0.135 e. The highest BCUT2D eigenvalue weighted by molar-refractivity contribution is 7.99. The molecule has 0 saturated carbocycles. The van der Waals surface area contributed by atoms with E-state index in [1.165, 1.54) is 0 Å². The van der Waals surface area contributed by atoms with Crippen molar-refractivity contribution in [2.75, 3.05) is 63.7 Å². The Morgan fingerprint density at radius 3 is 2.57 bits per heavy atom. The summed E-state index contributed by atoms with van der Waals surface area (Å²) < 4.78 is 17.2. The summed E-state index contributed by atoms with van der Waals surface area (Å²) in [6.45, 7) is 10.5. The van der Waals surface area contributed by atoms with Crippen molar-refractivity contribution < 1.29 is 14.2 Å². The number of nitrogens with zero attached hydrogens (tertiary/aromatic N) is 4. The number of piperazine rings is 1. The number of anilines is 1. The van der Waals surface area contributed by atoms with Gasteiger partial charge in [-0.1, -0.05) is 11.6 Å². The Hall–Kier alpha value is -2.02. The van der Waals surface area contributed by atoms with Crippen molar-refractivity contribution in [2.45, 2.75) is 37.5 Å². The zero-order valence-electron chi connectivity index (χ0n) is 20.7. The predicted molar refractivity (Wildman–Crippen MR) is 140 cm³/mol. The molecule has 0 N–H and O–H groups in total. The number of ether oxygens (including phenoxy) is 3. The summed E-state index contributed by atoms with van der Waals surface area (Å²) >= 11 is 7.53. The minimum atomic E-state index is -0.310. The molecule has 0 bridgehead atoms. The van der Waals surface area contributed by atoms with Gasteiger partial charge in [-0.25, -0.2) is 4.98 Å². The molecule has 35 heavy (non-hydrogen) atoms. The largest absolute Gasteiger partial charge is 0.493 e. The predicted octanol–water partition coefficient (Wildman–Crippen LogP) is 4.40. The highest BCUT2D eigenvalue weighted by atomic mass is 35.5. The number of hydrogen-bond acceptors (Lipinski definition) is 8. The van der Waals surface area contributed by atoms with Gasteiger partial charge in [0.05, 0.1) is 31.0 Å². The lowest BCUT2D eigenvalue weighted by Gasteiger charge is -2.39. The number of nitriles is 1. The number of aromatic nitrogens is 1. The number of hydrogen-bond donors (Lipinski definition) is 0. The Bertz CT molecular complexity index is 1050. The van der Waals surface area contributed by atoms with Crippen LogP contribution in [0, 0.1) is 11.3 Å². The van der Waals surface area contributed by atoms with E-state index in [-0.39, 0.29) is 5.60 Å². The van der Waals surface area contributed by atoms with E-state index in [1.54, 1.807) is 18.9 Å². The first kappa shape index (κ1) is 26.1. The molecule has 0 atom stereocenters. The normalized spacial score (nSPS) is 17.6. The highest BCUT2D eigenvalue weighted by Crippen LogP contribution is 2.38. The molecule has 0 aliphatic carbocycles. The molecule has 2 aliphatic heterocycles. The number of thioether (sulfide) groups is 1. The summed E-state index contributed by atoms with van der Waals surface area (Å²) in [5, 5.41) is 11.6. The fourth-order valence-corrected chi connectivity index (χ4v) is 5.39. The highest BCUT2D eigenvalue weighted by Gasteiger charge is 2.33. The molecule has 1 aromatic carbocycles. The molecule has 0 amide bonds. The molecular weight excluding hydrogens is 484 g/mol. The minimum Gasteiger partial charge on any atom is -0.493 e. The van der Waals surface area contributed by atoms with Gasteiger partial charge in [0.25, 0.3) is 0 Å². The molecule has 2 aliphatic rings. The average molecular weight is 517 g/mol. The molecule has 9 heteroatoms. The molecule has 3 heterocycles. The lowest BCUT2D eigenvalue weighted by Crippen LogP contribution is -2.48. The van der Waals surface area contributed by atoms with Crippen molar-refractivity contribution >= 4 is 29.2 Å². The second kappa shape index (κ2) is 11.8. The van der Waals surface area contributed by atoms with Gasteiger partial charge in [0.2, 0.25) is 0 Å². The molecule has 7 nitrogen and oxygen atoms in total. The first-order valence-electron chi connectivity index (χ1n) is 12.0. The van der Waals surface area contributed by atoms with Gasteiger partial charge in [0.15, 0.2) is 0 Å². The van der Waals surface area contributed by atoms with Crippen LogP contribution in [0.15, 0.2) is 29.3 Å². The van der Waals surface area contributed by atoms with E-state index in [1.807, 2.05) is 24.3 Å². The van der Waals surface area contributed by atoms with E-state index < -0.39 is 0 Å². The number of pyridine rings is 1. The zero-order valence-corrected chi connectivity index (χ0v) is 22.3. The van der Waals surface area contributed by atoms with Crippen LogP contribution >= 0.6 is 23.4 Å². The van der Waals surface area contributed by atoms with E-state index in [0.717, 1.165) is 67.1 Å². The number of benzene rings is 1. The van der Waals surface area contributed by atoms with Crippen molar-refractivity contribution in [3.05, 3.63) is 46.0 Å². The monoisotopic (exact) mass is 516 g/mol. The van der Waals surface area contributed by atoms with Crippen LogP contribution in [-0.2, 0) is 22.5 Å². The van der Waals surface area contributed by atoms with Gasteiger partial charge in [-0.05, 0) is 43.7 Å². The van der Waals surface area contributed by atoms with E-state index in [0.29, 0.717) is 36.0 Å². The van der Waals surface area contributed by atoms with Crippen LogP contribution in [0.4, 0.5) is 5.82 Å². The van der Waals surface area contributed by atoms with Gasteiger partial charge in [0.1, 0.15) is 22.7 Å². The fourth-order valence-electron chi connectivity index (χ4n) is 4.44. The quantitative estimate of drug-likeness (QED) is 0.359. The van der Waals surface area contributed by atoms with Crippen LogP contribution in [0.3, 0.4) is 0 Å². The second-order valence-corrected chi connectivity index (χ2v) is 10.9. The van der Waals surface area contributed by atoms with Gasteiger partial charge < -0.3 is 19.1 Å². The fraction of sp³-hybridized carbons (Fsp3) is 0.538. The minimum absolute atomic E-state index is 0.310. The van der Waals surface area contributed by atoms with Crippen LogP contribution in [0.2, 0.25) is 5.02 Å². The van der Waals surface area contributed by atoms with Crippen LogP contribution in [0.25, 0.3) is 0 Å². The van der Waals surface area contributed by atoms with Crippen LogP contribution in [-0.4, -0.2) is 74.3 Å². The van der Waals surface area contributed by atoms with E-state index >= 15 is 0 Å². The summed E-state index contributed by atoms with van der Waals surface area (Å²) in [5.74, 6) is 2.43. The molecule has 1 fully saturated rings. The summed E-state index contributed by atoms with van der Waals surface area (Å²) in [4.78, 5) is 9.80. The Kier molecular flexibility index (Phi) is 8.79. The van der Waals surface area contributed by atoms with Gasteiger partial charge in [0, 0.05) is 62.6 Å². The summed E-state index contributed by atoms with van der Waals surface area (Å²) in [7, 11) is 1.74. The number of methoxy groups -OCH3 is 1. The van der Waals surface area contributed by atoms with Gasteiger partial charge in [-0.3, -0.25) is 4.90 Å². The molecule has 0 spiro atoms. The Balaban J connectivity index is 1.53. The summed E-state index contributed by atoms with van der Waals surface area (Å²) in [5.41, 5.74) is 2.51. The maximum absolute atomic E-state index is 10.1. The van der Waals surface area contributed by atoms with Crippen molar-refractivity contribution in [1.29, 1.82) is 5.26 Å². The van der Waals surface area contributed by atoms with Crippen molar-refractivity contribution in [3.63, 3.8) is 0 Å². The molecule has 0 unspecified atom stereocenters. The Labute approximate surface area is 217 Å². The van der Waals surface area contributed by atoms with E-state index in [4.69, 9.17) is 30.8 Å². The Morgan fingerprint density at radius 2 is 1.89 bits per heavy atom. The maximum Gasteiger partial charge on any atom is 0.135 e. The summed E-state index contributed by atoms with van der Waals surface area (Å²) in [6.07, 6.45) is 0.698. The molecule has 1 saturated heterocycles. The van der Waals surface area contributed by atoms with Crippen molar-refractivity contribution in [1.82, 2.24) is 9.88 Å². The second-order valence-electron chi connectivity index (χ2n) is 9.38. The van der Waals surface area contributed by atoms with Gasteiger partial charge in [-0.15, -0.1) is 11.8 Å². The SMILES string of the molecule is COCCN1CCN(c2nc(SCCOc3ccc(Cl)cc3)c(C#N)c3c2COC(C)(C)C3)CC1. The zero-order chi connectivity index (χ0) is 24.8. The first-order chi connectivity index (χ1) is 16.9. The number of fused-ring (bicyclic) bond motifs is 1. The van der Waals surface area contributed by atoms with E-state index in [2.05, 4.69) is 29.7 Å². The first-order valence-corrected chi connectivity index (χ1v) is 13.3. The van der Waals surface area contributed by atoms with Crippen LogP contribution in [0.5, 0.6) is 5.75 Å². The molecule has 188 valence electrons. The molecule has 1 aromatic heterocycles. The van der Waals surface area contributed by atoms with Crippen molar-refractivity contribution in [2.24, 2.45) is 0 Å². The third kappa shape index (κ3) is 6.60. The van der Waals surface area contributed by atoms with Crippen LogP contribution < -0.4 is 9.64 Å². The number of rotatable bonds is 9. The van der Waals surface area contributed by atoms with Gasteiger partial charge >= 0.3 is 0 Å². The standard InChI is InChI=1S/C26H33ClN4O3S/c1-26(2)16-21-22(17-28)25(35-15-14-33-20-6-4-19(27)5-7-20)29-24(23(21)18-34-26)31-10-8-30(9-11-31)12-13-32-3/h4-7H,8-16,18H2,1-3H3. The Morgan fingerprint density at radius 1 is 1.14 bits per heavy atom. The van der Waals surface area contributed by atoms with Gasteiger partial charge in [-0.2, -0.15) is 5.26 Å². The van der Waals surface area contributed by atoms with E-state index in [9.17, 15) is 5.26 Å². The maximum atomic E-state index is 10.1. The summed E-state index contributed by atoms with van der Waals surface area (Å²) in [6, 6.07) is 9.80.